The maximum Gasteiger partial charge on any atom is 0.271 e. The maximum atomic E-state index is 13.3. The monoisotopic (exact) mass is 384 g/mol. The normalized spacial score (nSPS) is 20.5. The highest BCUT2D eigenvalue weighted by Crippen LogP contribution is 2.31. The first-order valence-corrected chi connectivity index (χ1v) is 9.08. The van der Waals surface area contributed by atoms with E-state index in [1.807, 2.05) is 6.07 Å². The first kappa shape index (κ1) is 19.9. The summed E-state index contributed by atoms with van der Waals surface area (Å²) in [5.41, 5.74) is 1.44. The minimum Gasteiger partial charge on any atom is -0.326 e. The lowest BCUT2D eigenvalue weighted by Crippen LogP contribution is -2.64. The highest BCUT2D eigenvalue weighted by molar-refractivity contribution is 6.08. The highest BCUT2D eigenvalue weighted by atomic mass is 16.2. The van der Waals surface area contributed by atoms with E-state index in [4.69, 9.17) is 5.26 Å². The van der Waals surface area contributed by atoms with Crippen LogP contribution in [0.2, 0.25) is 0 Å². The molecule has 0 saturated carbocycles. The lowest BCUT2D eigenvalue weighted by atomic mass is 9.86. The van der Waals surface area contributed by atoms with Gasteiger partial charge in [0.1, 0.15) is 11.2 Å². The number of piperazine rings is 1. The van der Waals surface area contributed by atoms with Gasteiger partial charge in [0.2, 0.25) is 0 Å². The van der Waals surface area contributed by atoms with Crippen LogP contribution in [0.4, 0.5) is 0 Å². The standard InChI is InChI=1S/C23H20N4O2/c1-23(13-16-7-6-8-17(11-16)14-24)22(29)26(2)20(21(28)27(23)3)12-18-9-4-5-10-19(18)15-25/h4-12H,13H2,1-3H3. The minimum atomic E-state index is -1.09. The third kappa shape index (κ3) is 3.49. The van der Waals surface area contributed by atoms with Crippen molar-refractivity contribution in [2.75, 3.05) is 14.1 Å². The number of nitrogens with zero attached hydrogens (tertiary/aromatic N) is 4. The molecule has 1 heterocycles. The van der Waals surface area contributed by atoms with Crippen molar-refractivity contribution in [3.05, 3.63) is 76.5 Å². The number of amides is 2. The molecule has 0 spiro atoms. The van der Waals surface area contributed by atoms with Crippen LogP contribution >= 0.6 is 0 Å². The number of hydrogen-bond acceptors (Lipinski definition) is 4. The number of likely N-dealkylation sites (N-methyl/N-ethyl adjacent to an activating group) is 2. The van der Waals surface area contributed by atoms with Gasteiger partial charge in [-0.2, -0.15) is 10.5 Å². The van der Waals surface area contributed by atoms with Crippen LogP contribution in [0.3, 0.4) is 0 Å². The predicted octanol–water partition coefficient (Wildman–Crippen LogP) is 2.70. The lowest BCUT2D eigenvalue weighted by Gasteiger charge is -2.45. The molecule has 0 aromatic heterocycles. The van der Waals surface area contributed by atoms with Crippen molar-refractivity contribution in [2.45, 2.75) is 18.9 Å². The molecular formula is C23H20N4O2. The van der Waals surface area contributed by atoms with Gasteiger partial charge < -0.3 is 9.80 Å². The zero-order valence-electron chi connectivity index (χ0n) is 16.5. The van der Waals surface area contributed by atoms with E-state index in [2.05, 4.69) is 12.1 Å². The van der Waals surface area contributed by atoms with Gasteiger partial charge in [0, 0.05) is 20.5 Å². The topological polar surface area (TPSA) is 88.2 Å². The molecule has 1 fully saturated rings. The van der Waals surface area contributed by atoms with E-state index in [0.29, 0.717) is 16.7 Å². The molecule has 3 rings (SSSR count). The number of nitriles is 2. The van der Waals surface area contributed by atoms with Gasteiger partial charge in [0.05, 0.1) is 23.3 Å². The van der Waals surface area contributed by atoms with Gasteiger partial charge in [0.25, 0.3) is 11.8 Å². The Balaban J connectivity index is 1.99. The predicted molar refractivity (Wildman–Crippen MR) is 108 cm³/mol. The molecule has 0 aliphatic carbocycles. The summed E-state index contributed by atoms with van der Waals surface area (Å²) >= 11 is 0. The molecule has 1 saturated heterocycles. The van der Waals surface area contributed by atoms with Crippen LogP contribution in [-0.2, 0) is 16.0 Å². The second-order valence-electron chi connectivity index (χ2n) is 7.22. The molecule has 2 amide bonds. The molecule has 2 aromatic rings. The smallest absolute Gasteiger partial charge is 0.271 e. The average molecular weight is 384 g/mol. The van der Waals surface area contributed by atoms with Crippen molar-refractivity contribution >= 4 is 17.9 Å². The number of hydrogen-bond donors (Lipinski definition) is 0. The fourth-order valence-electron chi connectivity index (χ4n) is 3.53. The fourth-order valence-corrected chi connectivity index (χ4v) is 3.53. The third-order valence-corrected chi connectivity index (χ3v) is 5.37. The van der Waals surface area contributed by atoms with Gasteiger partial charge in [0.15, 0.2) is 0 Å². The Labute approximate surface area is 169 Å². The molecular weight excluding hydrogens is 364 g/mol. The molecule has 0 N–H and O–H groups in total. The van der Waals surface area contributed by atoms with Crippen LogP contribution in [0.5, 0.6) is 0 Å². The summed E-state index contributed by atoms with van der Waals surface area (Å²) in [6, 6.07) is 18.1. The van der Waals surface area contributed by atoms with E-state index in [1.54, 1.807) is 69.6 Å². The van der Waals surface area contributed by atoms with Gasteiger partial charge in [-0.1, -0.05) is 30.3 Å². The third-order valence-electron chi connectivity index (χ3n) is 5.37. The van der Waals surface area contributed by atoms with Crippen molar-refractivity contribution in [1.82, 2.24) is 9.80 Å². The number of carbonyl (C=O) groups excluding carboxylic acids is 2. The molecule has 29 heavy (non-hydrogen) atoms. The van der Waals surface area contributed by atoms with E-state index in [9.17, 15) is 14.9 Å². The van der Waals surface area contributed by atoms with Crippen LogP contribution in [0.1, 0.15) is 29.2 Å². The molecule has 1 aliphatic heterocycles. The quantitative estimate of drug-likeness (QED) is 0.761. The van der Waals surface area contributed by atoms with Crippen molar-refractivity contribution in [3.8, 4) is 12.1 Å². The van der Waals surface area contributed by atoms with E-state index in [-0.39, 0.29) is 23.9 Å². The number of rotatable bonds is 3. The largest absolute Gasteiger partial charge is 0.326 e. The highest BCUT2D eigenvalue weighted by Gasteiger charge is 2.48. The molecule has 1 unspecified atom stereocenters. The van der Waals surface area contributed by atoms with Crippen molar-refractivity contribution in [3.63, 3.8) is 0 Å². The Bertz CT molecular complexity index is 1110. The van der Waals surface area contributed by atoms with E-state index < -0.39 is 5.54 Å². The first-order chi connectivity index (χ1) is 13.8. The zero-order chi connectivity index (χ0) is 21.2. The van der Waals surface area contributed by atoms with Crippen molar-refractivity contribution in [2.24, 2.45) is 0 Å². The first-order valence-electron chi connectivity index (χ1n) is 9.08. The Morgan fingerprint density at radius 1 is 1.03 bits per heavy atom. The van der Waals surface area contributed by atoms with Gasteiger partial charge in [-0.25, -0.2) is 0 Å². The van der Waals surface area contributed by atoms with Gasteiger partial charge in [-0.3, -0.25) is 9.59 Å². The number of benzene rings is 2. The molecule has 144 valence electrons. The van der Waals surface area contributed by atoms with Crippen molar-refractivity contribution in [1.29, 1.82) is 10.5 Å². The minimum absolute atomic E-state index is 0.212. The van der Waals surface area contributed by atoms with Crippen LogP contribution < -0.4 is 0 Å². The Morgan fingerprint density at radius 3 is 2.45 bits per heavy atom. The SMILES string of the molecule is CN1C(=O)C(C)(Cc2cccc(C#N)c2)N(C)C(=O)C1=Cc1ccccc1C#N. The van der Waals surface area contributed by atoms with E-state index in [0.717, 1.165) is 5.56 Å². The molecule has 0 bridgehead atoms. The summed E-state index contributed by atoms with van der Waals surface area (Å²) in [5, 5.41) is 18.4. The average Bonchev–Trinajstić information content (AvgIpc) is 2.74. The van der Waals surface area contributed by atoms with Gasteiger partial charge >= 0.3 is 0 Å². The lowest BCUT2D eigenvalue weighted by molar-refractivity contribution is -0.155. The summed E-state index contributed by atoms with van der Waals surface area (Å²) in [4.78, 5) is 29.2. The molecule has 2 aromatic carbocycles. The fraction of sp³-hybridized carbons (Fsp3) is 0.217. The maximum absolute atomic E-state index is 13.3. The van der Waals surface area contributed by atoms with Gasteiger partial charge in [-0.05, 0) is 42.3 Å². The molecule has 6 heteroatoms. The Morgan fingerprint density at radius 2 is 1.76 bits per heavy atom. The van der Waals surface area contributed by atoms with Crippen LogP contribution in [-0.4, -0.2) is 41.2 Å². The van der Waals surface area contributed by atoms with Crippen LogP contribution in [0, 0.1) is 22.7 Å². The second kappa shape index (κ2) is 7.61. The molecule has 6 nitrogen and oxygen atoms in total. The molecule has 1 aliphatic rings. The summed E-state index contributed by atoms with van der Waals surface area (Å²) in [5.74, 6) is -0.540. The molecule has 0 radical (unpaired) electrons. The van der Waals surface area contributed by atoms with E-state index >= 15 is 0 Å². The summed E-state index contributed by atoms with van der Waals surface area (Å²) < 4.78 is 0. The Kier molecular flexibility index (Phi) is 5.21. The number of carbonyl (C=O) groups is 2. The summed E-state index contributed by atoms with van der Waals surface area (Å²) in [6.45, 7) is 1.72. The summed E-state index contributed by atoms with van der Waals surface area (Å²) in [7, 11) is 3.17. The molecule has 1 atom stereocenters. The van der Waals surface area contributed by atoms with Crippen LogP contribution in [0.15, 0.2) is 54.2 Å². The van der Waals surface area contributed by atoms with Gasteiger partial charge in [-0.15, -0.1) is 0 Å². The van der Waals surface area contributed by atoms with E-state index in [1.165, 1.54) is 9.80 Å². The zero-order valence-corrected chi connectivity index (χ0v) is 16.5. The van der Waals surface area contributed by atoms with Crippen molar-refractivity contribution < 1.29 is 9.59 Å². The second-order valence-corrected chi connectivity index (χ2v) is 7.22. The Hall–Kier alpha value is -3.90. The summed E-state index contributed by atoms with van der Waals surface area (Å²) in [6.07, 6.45) is 1.86. The van der Waals surface area contributed by atoms with Crippen LogP contribution in [0.25, 0.3) is 6.08 Å².